The number of hydrogen-bond donors (Lipinski definition) is 3. The second-order valence-electron chi connectivity index (χ2n) is 6.20. The second-order valence-corrected chi connectivity index (χ2v) is 6.20. The number of aliphatic hydroxyl groups is 2. The van der Waals surface area contributed by atoms with E-state index in [0.717, 1.165) is 5.56 Å². The largest absolute Gasteiger partial charge is 0.478 e. The van der Waals surface area contributed by atoms with Crippen molar-refractivity contribution in [1.82, 2.24) is 0 Å². The molecule has 0 aliphatic rings. The molecule has 0 saturated carbocycles. The van der Waals surface area contributed by atoms with E-state index in [2.05, 4.69) is 27.4 Å². The Bertz CT molecular complexity index is 506. The smallest absolute Gasteiger partial charge is 0.330 e. The van der Waals surface area contributed by atoms with Crippen LogP contribution in [0.25, 0.3) is 0 Å². The van der Waals surface area contributed by atoms with Crippen LogP contribution < -0.4 is 4.74 Å². The molecule has 0 saturated heterocycles. The molecule has 1 rings (SSSR count). The van der Waals surface area contributed by atoms with Gasteiger partial charge in [-0.1, -0.05) is 45.5 Å². The van der Waals surface area contributed by atoms with Gasteiger partial charge >= 0.3 is 5.97 Å². The number of carboxylic acids is 1. The van der Waals surface area contributed by atoms with Crippen molar-refractivity contribution in [2.75, 3.05) is 19.8 Å². The molecule has 0 spiro atoms. The molecule has 24 heavy (non-hydrogen) atoms. The Hall–Kier alpha value is -1.89. The van der Waals surface area contributed by atoms with Crippen LogP contribution in [0.5, 0.6) is 5.75 Å². The molecule has 0 aliphatic carbocycles. The van der Waals surface area contributed by atoms with Gasteiger partial charge in [0.2, 0.25) is 6.29 Å². The van der Waals surface area contributed by atoms with E-state index in [9.17, 15) is 9.90 Å². The zero-order valence-corrected chi connectivity index (χ0v) is 14.8. The van der Waals surface area contributed by atoms with Crippen LogP contribution in [-0.4, -0.2) is 47.4 Å². The number of ether oxygens (including phenoxy) is 2. The van der Waals surface area contributed by atoms with Crippen LogP contribution in [0.1, 0.15) is 33.3 Å². The minimum atomic E-state index is -1.03. The first kappa shape index (κ1) is 22.1. The van der Waals surface area contributed by atoms with Crippen LogP contribution in [0.2, 0.25) is 0 Å². The van der Waals surface area contributed by atoms with E-state index >= 15 is 0 Å². The molecule has 0 fully saturated rings. The molecule has 3 N–H and O–H groups in total. The minimum absolute atomic E-state index is 0.0407. The summed E-state index contributed by atoms with van der Waals surface area (Å²) in [6.45, 7) is 11.0. The molecule has 0 heterocycles. The summed E-state index contributed by atoms with van der Waals surface area (Å²) < 4.78 is 10.5. The van der Waals surface area contributed by atoms with Gasteiger partial charge in [-0.05, 0) is 24.0 Å². The van der Waals surface area contributed by atoms with Crippen molar-refractivity contribution in [2.24, 2.45) is 0 Å². The molecule has 0 aromatic heterocycles. The summed E-state index contributed by atoms with van der Waals surface area (Å²) in [6, 6.07) is 7.63. The molecule has 136 valence electrons. The van der Waals surface area contributed by atoms with E-state index in [0.29, 0.717) is 5.75 Å². The fourth-order valence-electron chi connectivity index (χ4n) is 1.62. The summed E-state index contributed by atoms with van der Waals surface area (Å²) in [5, 5.41) is 26.2. The minimum Gasteiger partial charge on any atom is -0.478 e. The molecule has 1 unspecified atom stereocenters. The van der Waals surface area contributed by atoms with Crippen molar-refractivity contribution < 1.29 is 29.6 Å². The summed E-state index contributed by atoms with van der Waals surface area (Å²) in [6.07, 6.45) is -1.03. The predicted octanol–water partition coefficient (Wildman–Crippen LogP) is 2.34. The molecule has 1 atom stereocenters. The Morgan fingerprint density at radius 1 is 1.29 bits per heavy atom. The zero-order valence-electron chi connectivity index (χ0n) is 14.8. The Balaban J connectivity index is 0.000000754. The molecular weight excluding hydrogens is 312 g/mol. The first-order valence-electron chi connectivity index (χ1n) is 7.61. The average molecular weight is 340 g/mol. The maximum Gasteiger partial charge on any atom is 0.330 e. The molecule has 1 aromatic rings. The standard InChI is InChI=1S/C14H22O4.C4H6O2/c1-14(2,3)11-6-4-5-7-12(11)18-13(16)10-17-9-8-15;1-3(2)4(5)6/h4-7,13,15-16H,8-10H2,1-3H3;1H2,2H3,(H,5,6). The predicted molar refractivity (Wildman–Crippen MR) is 92.1 cm³/mol. The van der Waals surface area contributed by atoms with E-state index < -0.39 is 12.3 Å². The topological polar surface area (TPSA) is 96.2 Å². The number of rotatable bonds is 7. The molecule has 0 bridgehead atoms. The van der Waals surface area contributed by atoms with Gasteiger partial charge in [0.05, 0.1) is 13.2 Å². The fourth-order valence-corrected chi connectivity index (χ4v) is 1.62. The van der Waals surface area contributed by atoms with E-state index in [-0.39, 0.29) is 30.8 Å². The number of hydrogen-bond acceptors (Lipinski definition) is 5. The lowest BCUT2D eigenvalue weighted by Crippen LogP contribution is -2.25. The molecular formula is C18H28O6. The molecule has 0 aliphatic heterocycles. The van der Waals surface area contributed by atoms with Gasteiger partial charge in [-0.2, -0.15) is 0 Å². The van der Waals surface area contributed by atoms with E-state index in [1.807, 2.05) is 24.3 Å². The first-order valence-corrected chi connectivity index (χ1v) is 7.61. The highest BCUT2D eigenvalue weighted by atomic mass is 16.6. The van der Waals surface area contributed by atoms with Gasteiger partial charge in [0.15, 0.2) is 0 Å². The fraction of sp³-hybridized carbons (Fsp3) is 0.500. The van der Waals surface area contributed by atoms with E-state index in [4.69, 9.17) is 19.7 Å². The summed E-state index contributed by atoms with van der Waals surface area (Å²) >= 11 is 0. The summed E-state index contributed by atoms with van der Waals surface area (Å²) in [4.78, 5) is 9.60. The van der Waals surface area contributed by atoms with E-state index in [1.54, 1.807) is 0 Å². The van der Waals surface area contributed by atoms with Crippen LogP contribution in [0.15, 0.2) is 36.4 Å². The Morgan fingerprint density at radius 3 is 2.29 bits per heavy atom. The number of carbonyl (C=O) groups is 1. The highest BCUT2D eigenvalue weighted by Crippen LogP contribution is 2.31. The van der Waals surface area contributed by atoms with Gasteiger partial charge < -0.3 is 24.8 Å². The van der Waals surface area contributed by atoms with Gasteiger partial charge in [-0.15, -0.1) is 0 Å². The molecule has 0 amide bonds. The van der Waals surface area contributed by atoms with Crippen LogP contribution in [0, 0.1) is 0 Å². The third kappa shape index (κ3) is 9.29. The van der Waals surface area contributed by atoms with Crippen molar-refractivity contribution in [2.45, 2.75) is 39.4 Å². The van der Waals surface area contributed by atoms with Crippen molar-refractivity contribution in [3.63, 3.8) is 0 Å². The number of aliphatic carboxylic acids is 1. The molecule has 1 aromatic carbocycles. The van der Waals surface area contributed by atoms with Gasteiger partial charge in [-0.3, -0.25) is 0 Å². The lowest BCUT2D eigenvalue weighted by molar-refractivity contribution is -0.132. The maximum absolute atomic E-state index is 9.69. The Labute approximate surface area is 143 Å². The number of carboxylic acid groups (broad SMARTS) is 1. The Kier molecular flexibility index (Phi) is 9.95. The van der Waals surface area contributed by atoms with Crippen LogP contribution in [0.4, 0.5) is 0 Å². The monoisotopic (exact) mass is 340 g/mol. The van der Waals surface area contributed by atoms with Crippen molar-refractivity contribution in [3.8, 4) is 5.75 Å². The van der Waals surface area contributed by atoms with Crippen LogP contribution in [-0.2, 0) is 14.9 Å². The van der Waals surface area contributed by atoms with Gasteiger partial charge in [0.25, 0.3) is 0 Å². The van der Waals surface area contributed by atoms with Gasteiger partial charge in [0, 0.05) is 5.57 Å². The van der Waals surface area contributed by atoms with Crippen LogP contribution in [0.3, 0.4) is 0 Å². The van der Waals surface area contributed by atoms with Crippen molar-refractivity contribution in [3.05, 3.63) is 42.0 Å². The second kappa shape index (κ2) is 10.8. The highest BCUT2D eigenvalue weighted by Gasteiger charge is 2.19. The van der Waals surface area contributed by atoms with Crippen molar-refractivity contribution in [1.29, 1.82) is 0 Å². The van der Waals surface area contributed by atoms with Crippen molar-refractivity contribution >= 4 is 5.97 Å². The average Bonchev–Trinajstić information content (AvgIpc) is 2.47. The summed E-state index contributed by atoms with van der Waals surface area (Å²) in [7, 11) is 0. The lowest BCUT2D eigenvalue weighted by atomic mass is 9.86. The van der Waals surface area contributed by atoms with Gasteiger partial charge in [0.1, 0.15) is 12.4 Å². The molecule has 0 radical (unpaired) electrons. The highest BCUT2D eigenvalue weighted by molar-refractivity contribution is 5.84. The third-order valence-electron chi connectivity index (χ3n) is 2.82. The quantitative estimate of drug-likeness (QED) is 0.400. The van der Waals surface area contributed by atoms with E-state index in [1.165, 1.54) is 6.92 Å². The normalized spacial score (nSPS) is 11.9. The molecule has 6 heteroatoms. The Morgan fingerprint density at radius 2 is 1.83 bits per heavy atom. The summed E-state index contributed by atoms with van der Waals surface area (Å²) in [5.74, 6) is -0.278. The molecule has 6 nitrogen and oxygen atoms in total. The summed E-state index contributed by atoms with van der Waals surface area (Å²) in [5.41, 5.74) is 1.16. The number of aliphatic hydroxyl groups excluding tert-OH is 2. The van der Waals surface area contributed by atoms with Crippen LogP contribution >= 0.6 is 0 Å². The SMILES string of the molecule is C=C(C)C(=O)O.CC(C)(C)c1ccccc1OC(O)COCCO. The van der Waals surface area contributed by atoms with Gasteiger partial charge in [-0.25, -0.2) is 4.79 Å². The number of para-hydroxylation sites is 1. The first-order chi connectivity index (χ1) is 11.1. The number of benzene rings is 1. The maximum atomic E-state index is 9.69. The zero-order chi connectivity index (χ0) is 18.8. The lowest BCUT2D eigenvalue weighted by Gasteiger charge is -2.24. The third-order valence-corrected chi connectivity index (χ3v) is 2.82.